The highest BCUT2D eigenvalue weighted by atomic mass is 16.3. The summed E-state index contributed by atoms with van der Waals surface area (Å²) in [5, 5.41) is 9.99. The molecule has 2 rings (SSSR count). The Bertz CT molecular complexity index is 377. The van der Waals surface area contributed by atoms with Gasteiger partial charge in [-0.2, -0.15) is 0 Å². The first kappa shape index (κ1) is 11.5. The van der Waals surface area contributed by atoms with E-state index in [-0.39, 0.29) is 11.6 Å². The Morgan fingerprint density at radius 1 is 1.19 bits per heavy atom. The van der Waals surface area contributed by atoms with E-state index in [9.17, 15) is 5.11 Å². The maximum Gasteiger partial charge on any atom is 0.0783 e. The lowest BCUT2D eigenvalue weighted by molar-refractivity contribution is 0.127. The molecule has 1 saturated heterocycles. The van der Waals surface area contributed by atoms with Crippen LogP contribution >= 0.6 is 0 Å². The SMILES string of the molecule is Cc1cc(C)cc(N2CCC(O)C2(C)C)c1. The van der Waals surface area contributed by atoms with Crippen molar-refractivity contribution in [1.29, 1.82) is 0 Å². The minimum Gasteiger partial charge on any atom is -0.391 e. The Balaban J connectivity index is 2.38. The quantitative estimate of drug-likeness (QED) is 0.785. The number of benzene rings is 1. The van der Waals surface area contributed by atoms with Crippen LogP contribution in [0.15, 0.2) is 18.2 Å². The molecule has 1 unspecified atom stereocenters. The van der Waals surface area contributed by atoms with Gasteiger partial charge in [-0.05, 0) is 57.4 Å². The summed E-state index contributed by atoms with van der Waals surface area (Å²) in [6, 6.07) is 6.59. The van der Waals surface area contributed by atoms with Crippen molar-refractivity contribution in [3.8, 4) is 0 Å². The first-order chi connectivity index (χ1) is 7.41. The van der Waals surface area contributed by atoms with Gasteiger partial charge in [0.25, 0.3) is 0 Å². The van der Waals surface area contributed by atoms with Crippen LogP contribution in [0.1, 0.15) is 31.4 Å². The highest BCUT2D eigenvalue weighted by Gasteiger charge is 2.40. The third-order valence-electron chi connectivity index (χ3n) is 3.66. The molecule has 88 valence electrons. The van der Waals surface area contributed by atoms with Crippen molar-refractivity contribution < 1.29 is 5.11 Å². The molecule has 1 aromatic carbocycles. The predicted octanol–water partition coefficient (Wildman–Crippen LogP) is 2.65. The van der Waals surface area contributed by atoms with E-state index in [1.807, 2.05) is 0 Å². The number of nitrogens with zero attached hydrogens (tertiary/aromatic N) is 1. The van der Waals surface area contributed by atoms with Gasteiger partial charge < -0.3 is 10.0 Å². The Morgan fingerprint density at radius 3 is 2.19 bits per heavy atom. The summed E-state index contributed by atoms with van der Waals surface area (Å²) in [5.41, 5.74) is 3.65. The van der Waals surface area contributed by atoms with Crippen LogP contribution in [0, 0.1) is 13.8 Å². The molecule has 1 aromatic rings. The molecule has 1 fully saturated rings. The van der Waals surface area contributed by atoms with E-state index in [0.717, 1.165) is 13.0 Å². The van der Waals surface area contributed by atoms with E-state index >= 15 is 0 Å². The normalized spacial score (nSPS) is 23.8. The van der Waals surface area contributed by atoms with Crippen molar-refractivity contribution >= 4 is 5.69 Å². The van der Waals surface area contributed by atoms with Gasteiger partial charge >= 0.3 is 0 Å². The molecule has 1 heterocycles. The fraction of sp³-hybridized carbons (Fsp3) is 0.571. The molecule has 0 aromatic heterocycles. The molecular weight excluding hydrogens is 198 g/mol. The van der Waals surface area contributed by atoms with E-state index in [0.29, 0.717) is 0 Å². The summed E-state index contributed by atoms with van der Waals surface area (Å²) in [5.74, 6) is 0. The molecule has 16 heavy (non-hydrogen) atoms. The average Bonchev–Trinajstić information content (AvgIpc) is 2.40. The maximum atomic E-state index is 9.99. The average molecular weight is 219 g/mol. The van der Waals surface area contributed by atoms with E-state index in [1.165, 1.54) is 16.8 Å². The number of rotatable bonds is 1. The summed E-state index contributed by atoms with van der Waals surface area (Å²) >= 11 is 0. The van der Waals surface area contributed by atoms with Crippen LogP contribution in [0.5, 0.6) is 0 Å². The monoisotopic (exact) mass is 219 g/mol. The van der Waals surface area contributed by atoms with Gasteiger partial charge in [0, 0.05) is 12.2 Å². The Hall–Kier alpha value is -1.02. The number of hydrogen-bond acceptors (Lipinski definition) is 2. The topological polar surface area (TPSA) is 23.5 Å². The van der Waals surface area contributed by atoms with Gasteiger partial charge in [-0.25, -0.2) is 0 Å². The lowest BCUT2D eigenvalue weighted by Crippen LogP contribution is -2.45. The van der Waals surface area contributed by atoms with Crippen molar-refractivity contribution in [1.82, 2.24) is 0 Å². The highest BCUT2D eigenvalue weighted by molar-refractivity contribution is 5.54. The van der Waals surface area contributed by atoms with Crippen molar-refractivity contribution in [2.24, 2.45) is 0 Å². The van der Waals surface area contributed by atoms with Gasteiger partial charge in [-0.1, -0.05) is 6.07 Å². The Morgan fingerprint density at radius 2 is 1.75 bits per heavy atom. The van der Waals surface area contributed by atoms with Crippen molar-refractivity contribution in [3.63, 3.8) is 0 Å². The summed E-state index contributed by atoms with van der Waals surface area (Å²) in [7, 11) is 0. The molecule has 2 nitrogen and oxygen atoms in total. The second kappa shape index (κ2) is 3.77. The summed E-state index contributed by atoms with van der Waals surface area (Å²) < 4.78 is 0. The largest absolute Gasteiger partial charge is 0.391 e. The minimum absolute atomic E-state index is 0.153. The van der Waals surface area contributed by atoms with E-state index in [2.05, 4.69) is 50.8 Å². The lowest BCUT2D eigenvalue weighted by atomic mass is 9.98. The molecule has 1 atom stereocenters. The lowest BCUT2D eigenvalue weighted by Gasteiger charge is -2.36. The molecule has 1 aliphatic rings. The van der Waals surface area contributed by atoms with E-state index < -0.39 is 0 Å². The second-order valence-corrected chi connectivity index (χ2v) is 5.46. The molecular formula is C14H21NO. The third-order valence-corrected chi connectivity index (χ3v) is 3.66. The van der Waals surface area contributed by atoms with Gasteiger partial charge in [-0.15, -0.1) is 0 Å². The zero-order valence-electron chi connectivity index (χ0n) is 10.6. The molecule has 1 N–H and O–H groups in total. The second-order valence-electron chi connectivity index (χ2n) is 5.46. The fourth-order valence-corrected chi connectivity index (χ4v) is 2.64. The molecule has 0 spiro atoms. The van der Waals surface area contributed by atoms with E-state index in [4.69, 9.17) is 0 Å². The predicted molar refractivity (Wildman–Crippen MR) is 68.0 cm³/mol. The molecule has 1 aliphatic heterocycles. The van der Waals surface area contributed by atoms with Crippen LogP contribution in [-0.4, -0.2) is 23.3 Å². The summed E-state index contributed by atoms with van der Waals surface area (Å²) in [4.78, 5) is 2.32. The Labute approximate surface area is 97.9 Å². The van der Waals surface area contributed by atoms with Gasteiger partial charge in [0.1, 0.15) is 0 Å². The molecule has 0 amide bonds. The van der Waals surface area contributed by atoms with Gasteiger partial charge in [0.15, 0.2) is 0 Å². The first-order valence-electron chi connectivity index (χ1n) is 5.95. The van der Waals surface area contributed by atoms with Crippen molar-refractivity contribution in [2.45, 2.75) is 45.8 Å². The standard InChI is InChI=1S/C14H21NO/c1-10-7-11(2)9-12(8-10)15-6-5-13(16)14(15,3)4/h7-9,13,16H,5-6H2,1-4H3. The van der Waals surface area contributed by atoms with Crippen molar-refractivity contribution in [3.05, 3.63) is 29.3 Å². The summed E-state index contributed by atoms with van der Waals surface area (Å²) in [6.07, 6.45) is 0.633. The maximum absolute atomic E-state index is 9.99. The summed E-state index contributed by atoms with van der Waals surface area (Å²) in [6.45, 7) is 9.41. The number of aliphatic hydroxyl groups is 1. The van der Waals surface area contributed by atoms with Crippen LogP contribution < -0.4 is 4.90 Å². The molecule has 0 bridgehead atoms. The first-order valence-corrected chi connectivity index (χ1v) is 5.95. The highest BCUT2D eigenvalue weighted by Crippen LogP contribution is 2.34. The third kappa shape index (κ3) is 1.82. The number of aliphatic hydroxyl groups excluding tert-OH is 1. The van der Waals surface area contributed by atoms with Gasteiger partial charge in [0.2, 0.25) is 0 Å². The van der Waals surface area contributed by atoms with Gasteiger partial charge in [-0.3, -0.25) is 0 Å². The molecule has 0 saturated carbocycles. The van der Waals surface area contributed by atoms with Crippen LogP contribution in [0.2, 0.25) is 0 Å². The zero-order chi connectivity index (χ0) is 11.9. The number of anilines is 1. The minimum atomic E-state index is -0.228. The fourth-order valence-electron chi connectivity index (χ4n) is 2.64. The number of hydrogen-bond donors (Lipinski definition) is 1. The van der Waals surface area contributed by atoms with Gasteiger partial charge in [0.05, 0.1) is 11.6 Å². The van der Waals surface area contributed by atoms with Crippen LogP contribution in [0.3, 0.4) is 0 Å². The van der Waals surface area contributed by atoms with Crippen LogP contribution in [0.25, 0.3) is 0 Å². The Kier molecular flexibility index (Phi) is 2.70. The molecule has 0 radical (unpaired) electrons. The number of aryl methyl sites for hydroxylation is 2. The smallest absolute Gasteiger partial charge is 0.0783 e. The van der Waals surface area contributed by atoms with Crippen LogP contribution in [0.4, 0.5) is 5.69 Å². The van der Waals surface area contributed by atoms with Crippen molar-refractivity contribution in [2.75, 3.05) is 11.4 Å². The zero-order valence-corrected chi connectivity index (χ0v) is 10.6. The molecule has 0 aliphatic carbocycles. The van der Waals surface area contributed by atoms with Crippen LogP contribution in [-0.2, 0) is 0 Å². The van der Waals surface area contributed by atoms with E-state index in [1.54, 1.807) is 0 Å². The molecule has 2 heteroatoms.